The minimum atomic E-state index is -0.136. The zero-order valence-corrected chi connectivity index (χ0v) is 9.32. The van der Waals surface area contributed by atoms with Gasteiger partial charge >= 0.3 is 5.97 Å². The standard InChI is InChI=1S/C11H18N2O2/c1-13(8-4-6-11(14)15-2)9-10-5-3-7-12-10/h3,5,7,12H,4,6,8-9H2,1-2H3. The topological polar surface area (TPSA) is 45.3 Å². The molecule has 0 aliphatic carbocycles. The molecule has 0 amide bonds. The van der Waals surface area contributed by atoms with E-state index in [-0.39, 0.29) is 5.97 Å². The van der Waals surface area contributed by atoms with Crippen molar-refractivity contribution in [2.45, 2.75) is 19.4 Å². The van der Waals surface area contributed by atoms with Crippen LogP contribution in [0.4, 0.5) is 0 Å². The zero-order chi connectivity index (χ0) is 11.1. The minimum absolute atomic E-state index is 0.136. The fraction of sp³-hybridized carbons (Fsp3) is 0.545. The lowest BCUT2D eigenvalue weighted by atomic mass is 10.3. The van der Waals surface area contributed by atoms with E-state index in [0.29, 0.717) is 6.42 Å². The SMILES string of the molecule is COC(=O)CCCN(C)Cc1ccc[nH]1. The van der Waals surface area contributed by atoms with Crippen LogP contribution in [0.5, 0.6) is 0 Å². The number of esters is 1. The highest BCUT2D eigenvalue weighted by atomic mass is 16.5. The van der Waals surface area contributed by atoms with Crippen LogP contribution < -0.4 is 0 Å². The van der Waals surface area contributed by atoms with Crippen LogP contribution in [0.1, 0.15) is 18.5 Å². The highest BCUT2D eigenvalue weighted by Crippen LogP contribution is 2.01. The second kappa shape index (κ2) is 6.24. The summed E-state index contributed by atoms with van der Waals surface area (Å²) in [7, 11) is 3.46. The fourth-order valence-electron chi connectivity index (χ4n) is 1.43. The highest BCUT2D eigenvalue weighted by Gasteiger charge is 2.03. The third-order valence-electron chi connectivity index (χ3n) is 2.25. The Labute approximate surface area is 90.2 Å². The van der Waals surface area contributed by atoms with Crippen molar-refractivity contribution in [2.75, 3.05) is 20.7 Å². The number of nitrogens with zero attached hydrogens (tertiary/aromatic N) is 1. The lowest BCUT2D eigenvalue weighted by molar-refractivity contribution is -0.140. The highest BCUT2D eigenvalue weighted by molar-refractivity contribution is 5.69. The molecular formula is C11H18N2O2. The number of aromatic amines is 1. The summed E-state index contributed by atoms with van der Waals surface area (Å²) in [5, 5.41) is 0. The van der Waals surface area contributed by atoms with E-state index in [4.69, 9.17) is 0 Å². The number of methoxy groups -OCH3 is 1. The van der Waals surface area contributed by atoms with Crippen LogP contribution in [0.25, 0.3) is 0 Å². The first kappa shape index (κ1) is 11.8. The second-order valence-electron chi connectivity index (χ2n) is 3.61. The molecule has 0 aromatic carbocycles. The van der Waals surface area contributed by atoms with Gasteiger partial charge in [-0.2, -0.15) is 0 Å². The molecule has 0 unspecified atom stereocenters. The molecule has 0 radical (unpaired) electrons. The second-order valence-corrected chi connectivity index (χ2v) is 3.61. The van der Waals surface area contributed by atoms with Crippen LogP contribution >= 0.6 is 0 Å². The summed E-state index contributed by atoms with van der Waals surface area (Å²) in [6, 6.07) is 4.04. The summed E-state index contributed by atoms with van der Waals surface area (Å²) >= 11 is 0. The van der Waals surface area contributed by atoms with Crippen LogP contribution in [0.3, 0.4) is 0 Å². The van der Waals surface area contributed by atoms with Gasteiger partial charge in [0.1, 0.15) is 0 Å². The number of H-pyrrole nitrogens is 1. The first-order valence-corrected chi connectivity index (χ1v) is 5.10. The summed E-state index contributed by atoms with van der Waals surface area (Å²) in [4.78, 5) is 16.2. The third kappa shape index (κ3) is 4.65. The van der Waals surface area contributed by atoms with Gasteiger partial charge in [-0.15, -0.1) is 0 Å². The monoisotopic (exact) mass is 210 g/mol. The van der Waals surface area contributed by atoms with Gasteiger partial charge in [0.15, 0.2) is 0 Å². The lowest BCUT2D eigenvalue weighted by Gasteiger charge is -2.14. The number of carbonyl (C=O) groups is 1. The first-order valence-electron chi connectivity index (χ1n) is 5.10. The molecule has 0 saturated heterocycles. The van der Waals surface area contributed by atoms with Gasteiger partial charge in [0.2, 0.25) is 0 Å². The van der Waals surface area contributed by atoms with E-state index >= 15 is 0 Å². The minimum Gasteiger partial charge on any atom is -0.469 e. The molecule has 1 heterocycles. The van der Waals surface area contributed by atoms with Crippen molar-refractivity contribution in [3.05, 3.63) is 24.0 Å². The summed E-state index contributed by atoms with van der Waals surface area (Å²) in [5.74, 6) is -0.136. The maximum absolute atomic E-state index is 10.9. The first-order chi connectivity index (χ1) is 7.22. The molecule has 0 saturated carbocycles. The average molecular weight is 210 g/mol. The van der Waals surface area contributed by atoms with E-state index < -0.39 is 0 Å². The molecule has 84 valence electrons. The molecule has 4 heteroatoms. The van der Waals surface area contributed by atoms with Crippen molar-refractivity contribution in [1.82, 2.24) is 9.88 Å². The van der Waals surface area contributed by atoms with Crippen molar-refractivity contribution in [1.29, 1.82) is 0 Å². The largest absolute Gasteiger partial charge is 0.469 e. The normalized spacial score (nSPS) is 10.6. The Morgan fingerprint density at radius 1 is 1.60 bits per heavy atom. The van der Waals surface area contributed by atoms with Crippen molar-refractivity contribution < 1.29 is 9.53 Å². The molecule has 1 rings (SSSR count). The Morgan fingerprint density at radius 3 is 3.00 bits per heavy atom. The number of aromatic nitrogens is 1. The van der Waals surface area contributed by atoms with E-state index in [9.17, 15) is 4.79 Å². The Morgan fingerprint density at radius 2 is 2.40 bits per heavy atom. The zero-order valence-electron chi connectivity index (χ0n) is 9.32. The number of rotatable bonds is 6. The molecule has 1 N–H and O–H groups in total. The third-order valence-corrected chi connectivity index (χ3v) is 2.25. The molecule has 0 aliphatic rings. The number of nitrogens with one attached hydrogen (secondary N) is 1. The Hall–Kier alpha value is -1.29. The maximum atomic E-state index is 10.9. The average Bonchev–Trinajstić information content (AvgIpc) is 2.70. The predicted octanol–water partition coefficient (Wildman–Crippen LogP) is 1.40. The van der Waals surface area contributed by atoms with E-state index in [1.807, 2.05) is 19.3 Å². The Bertz CT molecular complexity index is 283. The van der Waals surface area contributed by atoms with Crippen LogP contribution in [-0.2, 0) is 16.1 Å². The van der Waals surface area contributed by atoms with Gasteiger partial charge in [0.05, 0.1) is 7.11 Å². The van der Waals surface area contributed by atoms with Gasteiger partial charge in [0.25, 0.3) is 0 Å². The van der Waals surface area contributed by atoms with Crippen LogP contribution in [0.15, 0.2) is 18.3 Å². The lowest BCUT2D eigenvalue weighted by Crippen LogP contribution is -2.20. The molecule has 0 bridgehead atoms. The summed E-state index contributed by atoms with van der Waals surface area (Å²) < 4.78 is 4.57. The molecule has 1 aromatic heterocycles. The van der Waals surface area contributed by atoms with Crippen LogP contribution in [0.2, 0.25) is 0 Å². The molecule has 1 aromatic rings. The van der Waals surface area contributed by atoms with Crippen LogP contribution in [-0.4, -0.2) is 36.6 Å². The van der Waals surface area contributed by atoms with E-state index in [2.05, 4.69) is 20.7 Å². The van der Waals surface area contributed by atoms with Crippen molar-refractivity contribution in [3.8, 4) is 0 Å². The van der Waals surface area contributed by atoms with Crippen molar-refractivity contribution in [2.24, 2.45) is 0 Å². The van der Waals surface area contributed by atoms with Gasteiger partial charge in [-0.1, -0.05) is 0 Å². The molecule has 0 aliphatic heterocycles. The van der Waals surface area contributed by atoms with E-state index in [1.54, 1.807) is 0 Å². The van der Waals surface area contributed by atoms with E-state index in [0.717, 1.165) is 19.5 Å². The summed E-state index contributed by atoms with van der Waals surface area (Å²) in [6.07, 6.45) is 3.24. The molecule has 0 spiro atoms. The Balaban J connectivity index is 2.14. The molecule has 0 atom stereocenters. The summed E-state index contributed by atoms with van der Waals surface area (Å²) in [6.45, 7) is 1.78. The van der Waals surface area contributed by atoms with Crippen molar-refractivity contribution >= 4 is 5.97 Å². The number of hydrogen-bond acceptors (Lipinski definition) is 3. The van der Waals surface area contributed by atoms with Gasteiger partial charge in [0, 0.05) is 24.9 Å². The smallest absolute Gasteiger partial charge is 0.305 e. The van der Waals surface area contributed by atoms with Gasteiger partial charge in [-0.05, 0) is 32.1 Å². The Kier molecular flexibility index (Phi) is 4.90. The van der Waals surface area contributed by atoms with Crippen LogP contribution in [0, 0.1) is 0 Å². The number of carbonyl (C=O) groups excluding carboxylic acids is 1. The van der Waals surface area contributed by atoms with Gasteiger partial charge in [-0.25, -0.2) is 0 Å². The fourth-order valence-corrected chi connectivity index (χ4v) is 1.43. The number of hydrogen-bond donors (Lipinski definition) is 1. The van der Waals surface area contributed by atoms with Gasteiger partial charge in [-0.3, -0.25) is 4.79 Å². The van der Waals surface area contributed by atoms with Gasteiger partial charge < -0.3 is 14.6 Å². The number of ether oxygens (including phenoxy) is 1. The molecule has 4 nitrogen and oxygen atoms in total. The molecule has 0 fully saturated rings. The van der Waals surface area contributed by atoms with E-state index in [1.165, 1.54) is 12.8 Å². The molecular weight excluding hydrogens is 192 g/mol. The van der Waals surface area contributed by atoms with Crippen molar-refractivity contribution in [3.63, 3.8) is 0 Å². The quantitative estimate of drug-likeness (QED) is 0.722. The maximum Gasteiger partial charge on any atom is 0.305 e. The summed E-state index contributed by atoms with van der Waals surface area (Å²) in [5.41, 5.74) is 1.19. The predicted molar refractivity (Wildman–Crippen MR) is 58.4 cm³/mol. The molecule has 15 heavy (non-hydrogen) atoms.